The van der Waals surface area contributed by atoms with Crippen LogP contribution in [0, 0.1) is 6.92 Å². The van der Waals surface area contributed by atoms with Crippen LogP contribution in [-0.4, -0.2) is 25.2 Å². The highest BCUT2D eigenvalue weighted by Gasteiger charge is 2.17. The zero-order chi connectivity index (χ0) is 17.4. The van der Waals surface area contributed by atoms with E-state index in [1.807, 2.05) is 38.1 Å². The van der Waals surface area contributed by atoms with Gasteiger partial charge in [-0.2, -0.15) is 0 Å². The van der Waals surface area contributed by atoms with E-state index >= 15 is 0 Å². The number of benzene rings is 2. The highest BCUT2D eigenvalue weighted by molar-refractivity contribution is 6.30. The van der Waals surface area contributed by atoms with Gasteiger partial charge in [0.1, 0.15) is 18.1 Å². The maximum Gasteiger partial charge on any atom is 0.261 e. The first-order valence-electron chi connectivity index (χ1n) is 7.98. The molecule has 2 aromatic rings. The molecule has 0 fully saturated rings. The third kappa shape index (κ3) is 5.78. The quantitative estimate of drug-likeness (QED) is 0.734. The minimum absolute atomic E-state index is 0.141. The number of carbonyl (C=O) groups is 1. The summed E-state index contributed by atoms with van der Waals surface area (Å²) in [6.07, 6.45) is 0.0841. The van der Waals surface area contributed by atoms with Gasteiger partial charge in [0.15, 0.2) is 6.10 Å². The minimum atomic E-state index is -0.511. The second-order valence-corrected chi connectivity index (χ2v) is 5.86. The van der Waals surface area contributed by atoms with Crippen molar-refractivity contribution < 1.29 is 14.3 Å². The molecule has 0 bridgehead atoms. The Labute approximate surface area is 147 Å². The average Bonchev–Trinajstić information content (AvgIpc) is 2.59. The molecule has 0 aliphatic carbocycles. The zero-order valence-electron chi connectivity index (χ0n) is 13.9. The van der Waals surface area contributed by atoms with Gasteiger partial charge in [0, 0.05) is 5.02 Å². The van der Waals surface area contributed by atoms with E-state index in [2.05, 4.69) is 5.32 Å². The van der Waals surface area contributed by atoms with Crippen LogP contribution < -0.4 is 14.8 Å². The summed E-state index contributed by atoms with van der Waals surface area (Å²) in [7, 11) is 0. The number of halogens is 1. The van der Waals surface area contributed by atoms with Gasteiger partial charge in [-0.1, -0.05) is 36.2 Å². The van der Waals surface area contributed by atoms with E-state index in [0.717, 1.165) is 11.3 Å². The second-order valence-electron chi connectivity index (χ2n) is 5.42. The molecular formula is C19H22ClNO3. The predicted octanol–water partition coefficient (Wildman–Crippen LogP) is 4.00. The van der Waals surface area contributed by atoms with Crippen LogP contribution in [0.1, 0.15) is 18.9 Å². The Morgan fingerprint density at radius 3 is 2.33 bits per heavy atom. The molecule has 4 nitrogen and oxygen atoms in total. The lowest BCUT2D eigenvalue weighted by Crippen LogP contribution is -2.39. The van der Waals surface area contributed by atoms with Crippen molar-refractivity contribution in [3.8, 4) is 11.5 Å². The van der Waals surface area contributed by atoms with Gasteiger partial charge in [-0.25, -0.2) is 0 Å². The standard InChI is InChI=1S/C19H22ClNO3/c1-3-18(24-17-8-4-14(2)5-9-17)19(22)21-12-13-23-16-10-6-15(20)7-11-16/h4-11,18H,3,12-13H2,1-2H3,(H,21,22). The highest BCUT2D eigenvalue weighted by atomic mass is 35.5. The Kier molecular flexibility index (Phi) is 6.94. The molecule has 5 heteroatoms. The first-order valence-corrected chi connectivity index (χ1v) is 8.35. The van der Waals surface area contributed by atoms with Gasteiger partial charge in [-0.15, -0.1) is 0 Å². The summed E-state index contributed by atoms with van der Waals surface area (Å²) >= 11 is 5.81. The van der Waals surface area contributed by atoms with Crippen LogP contribution in [0.15, 0.2) is 48.5 Å². The van der Waals surface area contributed by atoms with E-state index in [1.54, 1.807) is 24.3 Å². The molecule has 0 saturated carbocycles. The molecule has 24 heavy (non-hydrogen) atoms. The van der Waals surface area contributed by atoms with Gasteiger partial charge in [0.05, 0.1) is 6.54 Å². The number of carbonyl (C=O) groups excluding carboxylic acids is 1. The third-order valence-electron chi connectivity index (χ3n) is 3.45. The Morgan fingerprint density at radius 1 is 1.08 bits per heavy atom. The lowest BCUT2D eigenvalue weighted by atomic mass is 10.2. The van der Waals surface area contributed by atoms with Crippen LogP contribution in [0.4, 0.5) is 0 Å². The monoisotopic (exact) mass is 347 g/mol. The van der Waals surface area contributed by atoms with Gasteiger partial charge in [-0.3, -0.25) is 4.79 Å². The molecule has 0 aliphatic heterocycles. The van der Waals surface area contributed by atoms with Gasteiger partial charge in [0.2, 0.25) is 0 Å². The van der Waals surface area contributed by atoms with Crippen molar-refractivity contribution >= 4 is 17.5 Å². The third-order valence-corrected chi connectivity index (χ3v) is 3.70. The number of hydrogen-bond donors (Lipinski definition) is 1. The molecule has 128 valence electrons. The Balaban J connectivity index is 1.75. The summed E-state index contributed by atoms with van der Waals surface area (Å²) in [5.41, 5.74) is 1.15. The van der Waals surface area contributed by atoms with E-state index in [9.17, 15) is 4.79 Å². The fourth-order valence-electron chi connectivity index (χ4n) is 2.09. The smallest absolute Gasteiger partial charge is 0.261 e. The molecule has 0 aliphatic rings. The summed E-state index contributed by atoms with van der Waals surface area (Å²) in [5, 5.41) is 3.49. The molecule has 1 amide bonds. The fraction of sp³-hybridized carbons (Fsp3) is 0.316. The molecule has 0 spiro atoms. The first kappa shape index (κ1) is 18.1. The highest BCUT2D eigenvalue weighted by Crippen LogP contribution is 2.16. The molecule has 2 rings (SSSR count). The Morgan fingerprint density at radius 2 is 1.71 bits per heavy atom. The van der Waals surface area contributed by atoms with Crippen molar-refractivity contribution in [1.29, 1.82) is 0 Å². The molecule has 0 aromatic heterocycles. The zero-order valence-corrected chi connectivity index (χ0v) is 14.7. The number of amides is 1. The average molecular weight is 348 g/mol. The molecule has 1 N–H and O–H groups in total. The maximum absolute atomic E-state index is 12.2. The molecule has 2 aromatic carbocycles. The van der Waals surface area contributed by atoms with E-state index in [1.165, 1.54) is 0 Å². The topological polar surface area (TPSA) is 47.6 Å². The van der Waals surface area contributed by atoms with Crippen LogP contribution in [0.5, 0.6) is 11.5 Å². The molecule has 0 radical (unpaired) electrons. The first-order chi connectivity index (χ1) is 11.6. The molecular weight excluding hydrogens is 326 g/mol. The molecule has 1 unspecified atom stereocenters. The number of ether oxygens (including phenoxy) is 2. The maximum atomic E-state index is 12.2. The van der Waals surface area contributed by atoms with Gasteiger partial charge in [-0.05, 0) is 49.7 Å². The summed E-state index contributed by atoms with van der Waals surface area (Å²) in [6, 6.07) is 14.8. The lowest BCUT2D eigenvalue weighted by molar-refractivity contribution is -0.128. The summed E-state index contributed by atoms with van der Waals surface area (Å²) in [6.45, 7) is 4.72. The summed E-state index contributed by atoms with van der Waals surface area (Å²) < 4.78 is 11.3. The van der Waals surface area contributed by atoms with Crippen molar-refractivity contribution in [3.05, 3.63) is 59.1 Å². The lowest BCUT2D eigenvalue weighted by Gasteiger charge is -2.17. The largest absolute Gasteiger partial charge is 0.492 e. The molecule has 0 heterocycles. The van der Waals surface area contributed by atoms with Gasteiger partial charge in [0.25, 0.3) is 5.91 Å². The van der Waals surface area contributed by atoms with Crippen molar-refractivity contribution in [2.45, 2.75) is 26.4 Å². The summed E-state index contributed by atoms with van der Waals surface area (Å²) in [5.74, 6) is 1.27. The van der Waals surface area contributed by atoms with Crippen molar-refractivity contribution in [3.63, 3.8) is 0 Å². The van der Waals surface area contributed by atoms with E-state index < -0.39 is 6.10 Å². The second kappa shape index (κ2) is 9.18. The van der Waals surface area contributed by atoms with Crippen LogP contribution in [0.25, 0.3) is 0 Å². The van der Waals surface area contributed by atoms with Crippen molar-refractivity contribution in [1.82, 2.24) is 5.32 Å². The number of aryl methyl sites for hydroxylation is 1. The van der Waals surface area contributed by atoms with E-state index in [0.29, 0.717) is 30.3 Å². The van der Waals surface area contributed by atoms with E-state index in [4.69, 9.17) is 21.1 Å². The fourth-order valence-corrected chi connectivity index (χ4v) is 2.22. The van der Waals surface area contributed by atoms with Crippen LogP contribution in [-0.2, 0) is 4.79 Å². The molecule has 1 atom stereocenters. The predicted molar refractivity (Wildman–Crippen MR) is 95.8 cm³/mol. The van der Waals surface area contributed by atoms with Crippen LogP contribution in [0.2, 0.25) is 5.02 Å². The molecule has 0 saturated heterocycles. The number of rotatable bonds is 8. The van der Waals surface area contributed by atoms with Gasteiger partial charge < -0.3 is 14.8 Å². The normalized spacial score (nSPS) is 11.6. The minimum Gasteiger partial charge on any atom is -0.492 e. The van der Waals surface area contributed by atoms with Crippen molar-refractivity contribution in [2.24, 2.45) is 0 Å². The Hall–Kier alpha value is -2.20. The van der Waals surface area contributed by atoms with Crippen LogP contribution >= 0.6 is 11.6 Å². The number of hydrogen-bond acceptors (Lipinski definition) is 3. The SMILES string of the molecule is CCC(Oc1ccc(C)cc1)C(=O)NCCOc1ccc(Cl)cc1. The van der Waals surface area contributed by atoms with E-state index in [-0.39, 0.29) is 5.91 Å². The Bertz CT molecular complexity index is 641. The van der Waals surface area contributed by atoms with Crippen molar-refractivity contribution in [2.75, 3.05) is 13.2 Å². The number of nitrogens with one attached hydrogen (secondary N) is 1. The van der Waals surface area contributed by atoms with Crippen LogP contribution in [0.3, 0.4) is 0 Å². The summed E-state index contributed by atoms with van der Waals surface area (Å²) in [4.78, 5) is 12.2. The van der Waals surface area contributed by atoms with Gasteiger partial charge >= 0.3 is 0 Å².